The van der Waals surface area contributed by atoms with Crippen molar-refractivity contribution in [2.45, 2.75) is 20.8 Å². The van der Waals surface area contributed by atoms with E-state index in [0.29, 0.717) is 5.69 Å². The van der Waals surface area contributed by atoms with E-state index in [1.54, 1.807) is 6.20 Å². The number of nitrogens with zero attached hydrogens (tertiary/aromatic N) is 2. The molecule has 0 aliphatic rings. The number of carbonyl (C=O) groups is 1. The van der Waals surface area contributed by atoms with Crippen molar-refractivity contribution in [2.75, 3.05) is 0 Å². The highest BCUT2D eigenvalue weighted by Gasteiger charge is 2.25. The van der Waals surface area contributed by atoms with Crippen LogP contribution in [0, 0.1) is 5.41 Å². The van der Waals surface area contributed by atoms with Crippen LogP contribution < -0.4 is 0 Å². The molecule has 0 radical (unpaired) electrons. The largest absolute Gasteiger partial charge is 0.298 e. The predicted octanol–water partition coefficient (Wildman–Crippen LogP) is 3.10. The highest BCUT2D eigenvalue weighted by Crippen LogP contribution is 2.22. The third kappa shape index (κ3) is 2.28. The maximum Gasteiger partial charge on any atom is 0.184 e. The minimum atomic E-state index is -0.384. The third-order valence-corrected chi connectivity index (χ3v) is 2.56. The maximum atomic E-state index is 12.3. The number of ketones is 1. The van der Waals surface area contributed by atoms with E-state index in [1.807, 2.05) is 61.9 Å². The number of hydrogen-bond donors (Lipinski definition) is 0. The standard InChI is InChI=1S/C14H16N2O/c1-14(2,3)13(17)11-7-6-10-16(11)12-8-4-5-9-15-12/h4-10H,1-3H3. The Labute approximate surface area is 101 Å². The SMILES string of the molecule is CC(C)(C)C(=O)c1cccn1-c1ccccn1. The molecule has 3 nitrogen and oxygen atoms in total. The number of pyridine rings is 1. The van der Waals surface area contributed by atoms with Gasteiger partial charge in [-0.05, 0) is 24.3 Å². The molecule has 88 valence electrons. The molecule has 2 rings (SSSR count). The molecule has 2 aromatic rings. The van der Waals surface area contributed by atoms with Gasteiger partial charge in [0.15, 0.2) is 5.78 Å². The Bertz CT molecular complexity index is 521. The van der Waals surface area contributed by atoms with Gasteiger partial charge < -0.3 is 0 Å². The van der Waals surface area contributed by atoms with Crippen LogP contribution in [0.25, 0.3) is 5.82 Å². The Hall–Kier alpha value is -1.90. The van der Waals surface area contributed by atoms with Crippen LogP contribution in [-0.2, 0) is 0 Å². The topological polar surface area (TPSA) is 34.9 Å². The van der Waals surface area contributed by atoms with E-state index in [2.05, 4.69) is 4.98 Å². The zero-order valence-corrected chi connectivity index (χ0v) is 10.3. The summed E-state index contributed by atoms with van der Waals surface area (Å²) in [6.07, 6.45) is 3.59. The first-order valence-electron chi connectivity index (χ1n) is 5.64. The summed E-state index contributed by atoms with van der Waals surface area (Å²) in [4.78, 5) is 16.5. The number of hydrogen-bond acceptors (Lipinski definition) is 2. The normalized spacial score (nSPS) is 11.5. The molecule has 0 saturated heterocycles. The summed E-state index contributed by atoms with van der Waals surface area (Å²) >= 11 is 0. The second-order valence-corrected chi connectivity index (χ2v) is 5.03. The fourth-order valence-electron chi connectivity index (χ4n) is 1.65. The molecule has 0 atom stereocenters. The lowest BCUT2D eigenvalue weighted by atomic mass is 9.89. The molecule has 17 heavy (non-hydrogen) atoms. The molecule has 0 spiro atoms. The third-order valence-electron chi connectivity index (χ3n) is 2.56. The van der Waals surface area contributed by atoms with Gasteiger partial charge in [-0.2, -0.15) is 0 Å². The Morgan fingerprint density at radius 3 is 2.53 bits per heavy atom. The van der Waals surface area contributed by atoms with Crippen LogP contribution in [0.1, 0.15) is 31.3 Å². The first kappa shape index (κ1) is 11.6. The van der Waals surface area contributed by atoms with Crippen molar-refractivity contribution < 1.29 is 4.79 Å². The Kier molecular flexibility index (Phi) is 2.84. The fourth-order valence-corrected chi connectivity index (χ4v) is 1.65. The highest BCUT2D eigenvalue weighted by atomic mass is 16.1. The molecule has 2 heterocycles. The summed E-state index contributed by atoms with van der Waals surface area (Å²) in [5, 5.41) is 0. The lowest BCUT2D eigenvalue weighted by molar-refractivity contribution is 0.0851. The molecule has 0 N–H and O–H groups in total. The average molecular weight is 228 g/mol. The van der Waals surface area contributed by atoms with Crippen molar-refractivity contribution in [3.05, 3.63) is 48.4 Å². The van der Waals surface area contributed by atoms with Gasteiger partial charge in [-0.25, -0.2) is 4.98 Å². The molecular weight excluding hydrogens is 212 g/mol. The van der Waals surface area contributed by atoms with E-state index in [4.69, 9.17) is 0 Å². The van der Waals surface area contributed by atoms with Gasteiger partial charge >= 0.3 is 0 Å². The fraction of sp³-hybridized carbons (Fsp3) is 0.286. The quantitative estimate of drug-likeness (QED) is 0.740. The Morgan fingerprint density at radius 2 is 1.94 bits per heavy atom. The zero-order chi connectivity index (χ0) is 12.5. The van der Waals surface area contributed by atoms with Crippen molar-refractivity contribution in [3.8, 4) is 5.82 Å². The van der Waals surface area contributed by atoms with Gasteiger partial charge in [-0.1, -0.05) is 26.8 Å². The highest BCUT2D eigenvalue weighted by molar-refractivity contribution is 5.98. The second kappa shape index (κ2) is 4.17. The van der Waals surface area contributed by atoms with Crippen molar-refractivity contribution >= 4 is 5.78 Å². The Balaban J connectivity index is 2.46. The number of aromatic nitrogens is 2. The summed E-state index contributed by atoms with van der Waals surface area (Å²) in [5.74, 6) is 0.887. The van der Waals surface area contributed by atoms with Crippen LogP contribution in [0.3, 0.4) is 0 Å². The van der Waals surface area contributed by atoms with Crippen molar-refractivity contribution in [1.29, 1.82) is 0 Å². The summed E-state index contributed by atoms with van der Waals surface area (Å²) < 4.78 is 1.83. The van der Waals surface area contributed by atoms with Gasteiger partial charge in [0.25, 0.3) is 0 Å². The van der Waals surface area contributed by atoms with Gasteiger partial charge in [0.2, 0.25) is 0 Å². The molecule has 0 bridgehead atoms. The van der Waals surface area contributed by atoms with E-state index in [1.165, 1.54) is 0 Å². The lowest BCUT2D eigenvalue weighted by Gasteiger charge is -2.17. The van der Waals surface area contributed by atoms with Crippen molar-refractivity contribution in [3.63, 3.8) is 0 Å². The first-order chi connectivity index (χ1) is 8.00. The van der Waals surface area contributed by atoms with Crippen LogP contribution in [0.4, 0.5) is 0 Å². The number of rotatable bonds is 2. The van der Waals surface area contributed by atoms with E-state index in [-0.39, 0.29) is 11.2 Å². The second-order valence-electron chi connectivity index (χ2n) is 5.03. The molecule has 0 fully saturated rings. The van der Waals surface area contributed by atoms with E-state index in [9.17, 15) is 4.79 Å². The van der Waals surface area contributed by atoms with Crippen LogP contribution in [0.2, 0.25) is 0 Å². The van der Waals surface area contributed by atoms with E-state index >= 15 is 0 Å². The Morgan fingerprint density at radius 1 is 1.18 bits per heavy atom. The molecule has 0 unspecified atom stereocenters. The van der Waals surface area contributed by atoms with Gasteiger partial charge in [-0.15, -0.1) is 0 Å². The average Bonchev–Trinajstić information content (AvgIpc) is 2.76. The predicted molar refractivity (Wildman–Crippen MR) is 67.3 cm³/mol. The summed E-state index contributed by atoms with van der Waals surface area (Å²) in [6.45, 7) is 5.77. The molecule has 0 amide bonds. The summed E-state index contributed by atoms with van der Waals surface area (Å²) in [5.41, 5.74) is 0.293. The smallest absolute Gasteiger partial charge is 0.184 e. The summed E-state index contributed by atoms with van der Waals surface area (Å²) in [6, 6.07) is 9.36. The molecule has 0 aliphatic carbocycles. The van der Waals surface area contributed by atoms with Gasteiger partial charge in [0, 0.05) is 17.8 Å². The van der Waals surface area contributed by atoms with Gasteiger partial charge in [0.1, 0.15) is 5.82 Å². The van der Waals surface area contributed by atoms with Crippen molar-refractivity contribution in [2.24, 2.45) is 5.41 Å². The number of carbonyl (C=O) groups excluding carboxylic acids is 1. The van der Waals surface area contributed by atoms with Crippen LogP contribution in [0.5, 0.6) is 0 Å². The molecule has 2 aromatic heterocycles. The molecule has 0 aromatic carbocycles. The van der Waals surface area contributed by atoms with E-state index < -0.39 is 0 Å². The van der Waals surface area contributed by atoms with Crippen molar-refractivity contribution in [1.82, 2.24) is 9.55 Å². The monoisotopic (exact) mass is 228 g/mol. The molecule has 0 aliphatic heterocycles. The van der Waals surface area contributed by atoms with E-state index in [0.717, 1.165) is 5.82 Å². The number of Topliss-reactive ketones (excluding diaryl/α,β-unsaturated/α-hetero) is 1. The molecular formula is C14H16N2O. The van der Waals surface area contributed by atoms with Crippen LogP contribution in [-0.4, -0.2) is 15.3 Å². The van der Waals surface area contributed by atoms with Crippen LogP contribution in [0.15, 0.2) is 42.7 Å². The minimum Gasteiger partial charge on any atom is -0.298 e. The van der Waals surface area contributed by atoms with Gasteiger partial charge in [0.05, 0.1) is 5.69 Å². The summed E-state index contributed by atoms with van der Waals surface area (Å²) in [7, 11) is 0. The maximum absolute atomic E-state index is 12.3. The zero-order valence-electron chi connectivity index (χ0n) is 10.3. The minimum absolute atomic E-state index is 0.119. The first-order valence-corrected chi connectivity index (χ1v) is 5.64. The molecule has 0 saturated carbocycles. The molecule has 3 heteroatoms. The van der Waals surface area contributed by atoms with Crippen LogP contribution >= 0.6 is 0 Å². The van der Waals surface area contributed by atoms with Gasteiger partial charge in [-0.3, -0.25) is 9.36 Å². The lowest BCUT2D eigenvalue weighted by Crippen LogP contribution is -2.22.